The summed E-state index contributed by atoms with van der Waals surface area (Å²) in [5.74, 6) is 3.45. The minimum atomic E-state index is -0.258. The van der Waals surface area contributed by atoms with Crippen molar-refractivity contribution in [3.63, 3.8) is 0 Å². The van der Waals surface area contributed by atoms with Gasteiger partial charge in [-0.2, -0.15) is 0 Å². The fraction of sp³-hybridized carbons (Fsp3) is 0.867. The summed E-state index contributed by atoms with van der Waals surface area (Å²) in [4.78, 5) is 23.4. The number of nitrogens with one attached hydrogen (secondary N) is 3. The van der Waals surface area contributed by atoms with Crippen LogP contribution in [0.2, 0.25) is 0 Å². The average molecular weight is 277 g/mol. The van der Waals surface area contributed by atoms with E-state index in [1.807, 2.05) is 0 Å². The molecule has 110 valence electrons. The summed E-state index contributed by atoms with van der Waals surface area (Å²) in [6.07, 6.45) is 6.68. The second kappa shape index (κ2) is 4.72. The number of piperazine rings is 1. The van der Waals surface area contributed by atoms with Gasteiger partial charge >= 0.3 is 0 Å². The lowest BCUT2D eigenvalue weighted by Crippen LogP contribution is -2.59. The predicted octanol–water partition coefficient (Wildman–Crippen LogP) is 0.0153. The van der Waals surface area contributed by atoms with Crippen molar-refractivity contribution in [3.05, 3.63) is 0 Å². The molecule has 0 aromatic carbocycles. The van der Waals surface area contributed by atoms with Gasteiger partial charge in [-0.3, -0.25) is 14.9 Å². The minimum absolute atomic E-state index is 0.0252. The third kappa shape index (κ3) is 1.94. The Morgan fingerprint density at radius 1 is 1.15 bits per heavy atom. The molecule has 3 aliphatic carbocycles. The van der Waals surface area contributed by atoms with Gasteiger partial charge in [0.25, 0.3) is 0 Å². The van der Waals surface area contributed by atoms with Gasteiger partial charge in [0.05, 0.1) is 6.54 Å². The van der Waals surface area contributed by atoms with Crippen molar-refractivity contribution in [2.24, 2.45) is 23.7 Å². The van der Waals surface area contributed by atoms with Crippen LogP contribution in [0.3, 0.4) is 0 Å². The second-order valence-electron chi connectivity index (χ2n) is 7.01. The fourth-order valence-corrected chi connectivity index (χ4v) is 5.27. The Morgan fingerprint density at radius 3 is 2.80 bits per heavy atom. The van der Waals surface area contributed by atoms with Gasteiger partial charge in [0.1, 0.15) is 6.04 Å². The molecule has 0 radical (unpaired) electrons. The molecule has 5 heteroatoms. The van der Waals surface area contributed by atoms with Gasteiger partial charge in [0.2, 0.25) is 11.8 Å². The van der Waals surface area contributed by atoms with Crippen LogP contribution in [0, 0.1) is 23.7 Å². The second-order valence-corrected chi connectivity index (χ2v) is 7.01. The number of hydrogen-bond acceptors (Lipinski definition) is 3. The van der Waals surface area contributed by atoms with Crippen LogP contribution >= 0.6 is 0 Å². The number of fused-ring (bicyclic) bond motifs is 5. The molecule has 1 saturated heterocycles. The fourth-order valence-electron chi connectivity index (χ4n) is 5.27. The highest BCUT2D eigenvalue weighted by molar-refractivity contribution is 5.86. The van der Waals surface area contributed by atoms with Crippen molar-refractivity contribution in [1.82, 2.24) is 16.0 Å². The van der Waals surface area contributed by atoms with Crippen LogP contribution in [0.1, 0.15) is 32.1 Å². The van der Waals surface area contributed by atoms with E-state index in [4.69, 9.17) is 0 Å². The van der Waals surface area contributed by atoms with E-state index in [1.54, 1.807) is 0 Å². The summed E-state index contributed by atoms with van der Waals surface area (Å²) in [5.41, 5.74) is 0. The summed E-state index contributed by atoms with van der Waals surface area (Å²) in [6.45, 7) is 0.664. The molecule has 20 heavy (non-hydrogen) atoms. The molecule has 5 nitrogen and oxygen atoms in total. The maximum Gasteiger partial charge on any atom is 0.239 e. The van der Waals surface area contributed by atoms with Crippen molar-refractivity contribution in [1.29, 1.82) is 0 Å². The number of carbonyl (C=O) groups is 2. The summed E-state index contributed by atoms with van der Waals surface area (Å²) >= 11 is 0. The maximum atomic E-state index is 12.3. The lowest BCUT2D eigenvalue weighted by molar-refractivity contribution is -0.127. The topological polar surface area (TPSA) is 70.2 Å². The van der Waals surface area contributed by atoms with Crippen LogP contribution in [0.25, 0.3) is 0 Å². The van der Waals surface area contributed by atoms with E-state index in [-0.39, 0.29) is 24.4 Å². The van der Waals surface area contributed by atoms with E-state index in [9.17, 15) is 9.59 Å². The molecule has 1 heterocycles. The molecule has 6 atom stereocenters. The maximum absolute atomic E-state index is 12.3. The van der Waals surface area contributed by atoms with Crippen LogP contribution in [-0.4, -0.2) is 37.0 Å². The zero-order valence-corrected chi connectivity index (χ0v) is 11.7. The molecule has 0 aromatic rings. The van der Waals surface area contributed by atoms with E-state index in [0.717, 1.165) is 23.7 Å². The molecular weight excluding hydrogens is 254 g/mol. The van der Waals surface area contributed by atoms with Crippen molar-refractivity contribution in [3.8, 4) is 0 Å². The molecule has 0 spiro atoms. The first kappa shape index (κ1) is 12.6. The lowest BCUT2D eigenvalue weighted by atomic mass is 9.79. The molecular formula is C15H23N3O2. The Bertz CT molecular complexity index is 429. The zero-order chi connectivity index (χ0) is 13.7. The van der Waals surface area contributed by atoms with E-state index in [0.29, 0.717) is 12.6 Å². The van der Waals surface area contributed by atoms with E-state index in [2.05, 4.69) is 16.0 Å². The molecule has 4 rings (SSSR count). The third-order valence-corrected chi connectivity index (χ3v) is 6.09. The molecule has 2 bridgehead atoms. The molecule has 6 unspecified atom stereocenters. The first-order valence-corrected chi connectivity index (χ1v) is 8.03. The highest BCUT2D eigenvalue weighted by atomic mass is 16.2. The number of rotatable bonds is 2. The Labute approximate surface area is 119 Å². The molecule has 1 aliphatic heterocycles. The smallest absolute Gasteiger partial charge is 0.239 e. The van der Waals surface area contributed by atoms with Gasteiger partial charge in [-0.1, -0.05) is 6.42 Å². The van der Waals surface area contributed by atoms with Gasteiger partial charge in [-0.05, 0) is 49.4 Å². The van der Waals surface area contributed by atoms with Crippen LogP contribution in [-0.2, 0) is 9.59 Å². The quantitative estimate of drug-likeness (QED) is 0.666. The summed E-state index contributed by atoms with van der Waals surface area (Å²) < 4.78 is 0. The molecule has 2 amide bonds. The first-order chi connectivity index (χ1) is 9.72. The van der Waals surface area contributed by atoms with Crippen molar-refractivity contribution < 1.29 is 9.59 Å². The molecule has 3 saturated carbocycles. The zero-order valence-electron chi connectivity index (χ0n) is 11.7. The molecule has 3 N–H and O–H groups in total. The normalized spacial score (nSPS) is 46.1. The molecule has 0 aromatic heterocycles. The lowest BCUT2D eigenvalue weighted by Gasteiger charge is -2.33. The van der Waals surface area contributed by atoms with Crippen LogP contribution in [0.5, 0.6) is 0 Å². The van der Waals surface area contributed by atoms with E-state index < -0.39 is 0 Å². The number of amides is 2. The van der Waals surface area contributed by atoms with Gasteiger partial charge < -0.3 is 10.6 Å². The van der Waals surface area contributed by atoms with Crippen molar-refractivity contribution in [2.45, 2.75) is 44.2 Å². The highest BCUT2D eigenvalue weighted by Gasteiger charge is 2.54. The van der Waals surface area contributed by atoms with Gasteiger partial charge in [-0.15, -0.1) is 0 Å². The Hall–Kier alpha value is -1.10. The average Bonchev–Trinajstić information content (AvgIpc) is 3.11. The van der Waals surface area contributed by atoms with Gasteiger partial charge in [-0.25, -0.2) is 0 Å². The van der Waals surface area contributed by atoms with Crippen LogP contribution in [0.4, 0.5) is 0 Å². The van der Waals surface area contributed by atoms with Gasteiger partial charge in [0, 0.05) is 12.6 Å². The third-order valence-electron chi connectivity index (χ3n) is 6.09. The molecule has 4 aliphatic rings. The predicted molar refractivity (Wildman–Crippen MR) is 73.8 cm³/mol. The SMILES string of the molecule is O=C1CNC(C(=O)NC2CC3CC2C2CCCC32)CN1. The number of hydrogen-bond donors (Lipinski definition) is 3. The van der Waals surface area contributed by atoms with Gasteiger partial charge in [0.15, 0.2) is 0 Å². The Morgan fingerprint density at radius 2 is 2.00 bits per heavy atom. The van der Waals surface area contributed by atoms with E-state index in [1.165, 1.54) is 32.1 Å². The molecule has 4 fully saturated rings. The number of carbonyl (C=O) groups excluding carboxylic acids is 2. The summed E-state index contributed by atoms with van der Waals surface area (Å²) in [7, 11) is 0. The summed E-state index contributed by atoms with van der Waals surface area (Å²) in [6, 6.07) is 0.123. The monoisotopic (exact) mass is 277 g/mol. The summed E-state index contributed by atoms with van der Waals surface area (Å²) in [5, 5.41) is 9.01. The highest BCUT2D eigenvalue weighted by Crippen LogP contribution is 2.58. The first-order valence-electron chi connectivity index (χ1n) is 8.03. The van der Waals surface area contributed by atoms with Crippen LogP contribution < -0.4 is 16.0 Å². The minimum Gasteiger partial charge on any atom is -0.353 e. The Balaban J connectivity index is 1.36. The largest absolute Gasteiger partial charge is 0.353 e. The van der Waals surface area contributed by atoms with E-state index >= 15 is 0 Å². The Kier molecular flexibility index (Phi) is 2.98. The standard InChI is InChI=1S/C15H23N3O2/c19-14-7-16-13(6-17-14)15(20)18-12-5-8-4-11(12)10-3-1-2-9(8)10/h8-13,16H,1-7H2,(H,17,19)(H,18,20). The van der Waals surface area contributed by atoms with Crippen molar-refractivity contribution >= 4 is 11.8 Å². The van der Waals surface area contributed by atoms with Crippen LogP contribution in [0.15, 0.2) is 0 Å². The van der Waals surface area contributed by atoms with Crippen molar-refractivity contribution in [2.75, 3.05) is 13.1 Å².